The van der Waals surface area contributed by atoms with Gasteiger partial charge in [0.25, 0.3) is 0 Å². The summed E-state index contributed by atoms with van der Waals surface area (Å²) in [6.07, 6.45) is 3.78. The Morgan fingerprint density at radius 2 is 1.84 bits per heavy atom. The molecule has 0 radical (unpaired) electrons. The number of nitrogens with zero attached hydrogens (tertiary/aromatic N) is 2. The number of rotatable bonds is 1. The molecule has 4 nitrogen and oxygen atoms in total. The molecule has 100 valence electrons. The zero-order valence-corrected chi connectivity index (χ0v) is 10.6. The van der Waals surface area contributed by atoms with Crippen molar-refractivity contribution < 1.29 is 13.9 Å². The molecule has 0 atom stereocenters. The van der Waals surface area contributed by atoms with Crippen LogP contribution in [0.2, 0.25) is 0 Å². The Morgan fingerprint density at radius 3 is 2.37 bits per heavy atom. The SMILES string of the molecule is N#CC1(c2ccc(F)cn2)CCC2(CC1)OCCO2. The van der Waals surface area contributed by atoms with Crippen molar-refractivity contribution >= 4 is 0 Å². The zero-order valence-electron chi connectivity index (χ0n) is 10.6. The molecule has 2 heterocycles. The molecule has 0 aromatic carbocycles. The number of pyridine rings is 1. The van der Waals surface area contributed by atoms with E-state index in [-0.39, 0.29) is 5.82 Å². The topological polar surface area (TPSA) is 55.1 Å². The number of hydrogen-bond donors (Lipinski definition) is 0. The third-order valence-corrected chi connectivity index (χ3v) is 4.11. The summed E-state index contributed by atoms with van der Waals surface area (Å²) in [7, 11) is 0. The summed E-state index contributed by atoms with van der Waals surface area (Å²) in [6.45, 7) is 1.24. The maximum atomic E-state index is 12.9. The lowest BCUT2D eigenvalue weighted by Crippen LogP contribution is -2.41. The number of aromatic nitrogens is 1. The lowest BCUT2D eigenvalue weighted by Gasteiger charge is -2.39. The number of halogens is 1. The van der Waals surface area contributed by atoms with Gasteiger partial charge in [0.05, 0.1) is 36.6 Å². The first-order valence-electron chi connectivity index (χ1n) is 6.49. The molecule has 0 bridgehead atoms. The molecule has 0 N–H and O–H groups in total. The summed E-state index contributed by atoms with van der Waals surface area (Å²) in [5.74, 6) is -0.882. The molecule has 3 rings (SSSR count). The Bertz CT molecular complexity index is 493. The Labute approximate surface area is 111 Å². The van der Waals surface area contributed by atoms with Crippen molar-refractivity contribution in [1.29, 1.82) is 5.26 Å². The fourth-order valence-corrected chi connectivity index (χ4v) is 2.93. The summed E-state index contributed by atoms with van der Waals surface area (Å²) >= 11 is 0. The first-order chi connectivity index (χ1) is 9.18. The summed E-state index contributed by atoms with van der Waals surface area (Å²) in [5.41, 5.74) is -0.00176. The van der Waals surface area contributed by atoms with Crippen LogP contribution in [-0.4, -0.2) is 24.0 Å². The molecular weight excluding hydrogens is 247 g/mol. The molecule has 1 aliphatic carbocycles. The lowest BCUT2D eigenvalue weighted by atomic mass is 9.70. The Hall–Kier alpha value is -1.51. The number of nitriles is 1. The van der Waals surface area contributed by atoms with E-state index in [4.69, 9.17) is 9.47 Å². The fraction of sp³-hybridized carbons (Fsp3) is 0.571. The van der Waals surface area contributed by atoms with E-state index in [0.717, 1.165) is 0 Å². The van der Waals surface area contributed by atoms with Gasteiger partial charge in [-0.2, -0.15) is 5.26 Å². The average molecular weight is 262 g/mol. The van der Waals surface area contributed by atoms with Gasteiger partial charge in [0.15, 0.2) is 5.79 Å². The van der Waals surface area contributed by atoms with Gasteiger partial charge in [-0.15, -0.1) is 0 Å². The fourth-order valence-electron chi connectivity index (χ4n) is 2.93. The van der Waals surface area contributed by atoms with Crippen molar-refractivity contribution in [2.45, 2.75) is 36.9 Å². The van der Waals surface area contributed by atoms with Crippen molar-refractivity contribution in [3.05, 3.63) is 29.8 Å². The van der Waals surface area contributed by atoms with Crippen LogP contribution in [-0.2, 0) is 14.9 Å². The monoisotopic (exact) mass is 262 g/mol. The van der Waals surface area contributed by atoms with Crippen LogP contribution >= 0.6 is 0 Å². The van der Waals surface area contributed by atoms with E-state index >= 15 is 0 Å². The van der Waals surface area contributed by atoms with Gasteiger partial charge in [-0.25, -0.2) is 4.39 Å². The Morgan fingerprint density at radius 1 is 1.16 bits per heavy atom. The van der Waals surface area contributed by atoms with Crippen molar-refractivity contribution in [3.8, 4) is 6.07 Å². The number of ether oxygens (including phenoxy) is 2. The minimum absolute atomic E-state index is 0.383. The summed E-state index contributed by atoms with van der Waals surface area (Å²) < 4.78 is 24.3. The van der Waals surface area contributed by atoms with Crippen molar-refractivity contribution in [1.82, 2.24) is 4.98 Å². The van der Waals surface area contributed by atoms with Gasteiger partial charge in [0, 0.05) is 12.8 Å². The molecule has 1 aromatic heterocycles. The molecule has 2 fully saturated rings. The molecule has 1 saturated heterocycles. The standard InChI is InChI=1S/C14H15FN2O2/c15-11-1-2-12(17-9-11)13(10-16)3-5-14(6-4-13)18-7-8-19-14/h1-2,9H,3-8H2. The highest BCUT2D eigenvalue weighted by atomic mass is 19.1. The molecule has 0 unspecified atom stereocenters. The molecular formula is C14H15FN2O2. The molecule has 1 aromatic rings. The van der Waals surface area contributed by atoms with Gasteiger partial charge in [-0.05, 0) is 25.0 Å². The average Bonchev–Trinajstić information content (AvgIpc) is 2.90. The van der Waals surface area contributed by atoms with E-state index in [0.29, 0.717) is 44.6 Å². The quantitative estimate of drug-likeness (QED) is 0.779. The third kappa shape index (κ3) is 2.11. The second-order valence-corrected chi connectivity index (χ2v) is 5.16. The van der Waals surface area contributed by atoms with E-state index < -0.39 is 11.2 Å². The van der Waals surface area contributed by atoms with Crippen LogP contribution in [0.4, 0.5) is 4.39 Å². The smallest absolute Gasteiger partial charge is 0.168 e. The van der Waals surface area contributed by atoms with Gasteiger partial charge < -0.3 is 9.47 Å². The van der Waals surface area contributed by atoms with Crippen LogP contribution in [0.15, 0.2) is 18.3 Å². The molecule has 1 saturated carbocycles. The highest BCUT2D eigenvalue weighted by molar-refractivity contribution is 5.27. The first kappa shape index (κ1) is 12.5. The van der Waals surface area contributed by atoms with Crippen LogP contribution in [0.25, 0.3) is 0 Å². The Balaban J connectivity index is 1.82. The van der Waals surface area contributed by atoms with Crippen LogP contribution in [0.3, 0.4) is 0 Å². The largest absolute Gasteiger partial charge is 0.348 e. The molecule has 19 heavy (non-hydrogen) atoms. The van der Waals surface area contributed by atoms with Gasteiger partial charge in [0.2, 0.25) is 0 Å². The van der Waals surface area contributed by atoms with E-state index in [1.807, 2.05) is 0 Å². The van der Waals surface area contributed by atoms with Crippen molar-refractivity contribution in [2.75, 3.05) is 13.2 Å². The molecule has 5 heteroatoms. The van der Waals surface area contributed by atoms with Crippen molar-refractivity contribution in [2.24, 2.45) is 0 Å². The van der Waals surface area contributed by atoms with Crippen LogP contribution in [0, 0.1) is 17.1 Å². The van der Waals surface area contributed by atoms with Crippen LogP contribution < -0.4 is 0 Å². The zero-order chi connectivity index (χ0) is 13.3. The highest BCUT2D eigenvalue weighted by Gasteiger charge is 2.47. The Kier molecular flexibility index (Phi) is 3.00. The third-order valence-electron chi connectivity index (χ3n) is 4.11. The summed E-state index contributed by atoms with van der Waals surface area (Å²) in [5, 5.41) is 9.53. The summed E-state index contributed by atoms with van der Waals surface area (Å²) in [6, 6.07) is 5.32. The van der Waals surface area contributed by atoms with Gasteiger partial charge in [-0.1, -0.05) is 0 Å². The lowest BCUT2D eigenvalue weighted by molar-refractivity contribution is -0.182. The summed E-state index contributed by atoms with van der Waals surface area (Å²) in [4.78, 5) is 4.08. The predicted octanol–water partition coefficient (Wildman–Crippen LogP) is 2.30. The van der Waals surface area contributed by atoms with E-state index in [2.05, 4.69) is 11.1 Å². The predicted molar refractivity (Wildman–Crippen MR) is 64.6 cm³/mol. The molecule has 0 amide bonds. The number of hydrogen-bond acceptors (Lipinski definition) is 4. The maximum Gasteiger partial charge on any atom is 0.168 e. The highest BCUT2D eigenvalue weighted by Crippen LogP contribution is 2.45. The van der Waals surface area contributed by atoms with Crippen LogP contribution in [0.1, 0.15) is 31.4 Å². The minimum atomic E-state index is -0.645. The normalized spacial score (nSPS) is 24.2. The van der Waals surface area contributed by atoms with Gasteiger partial charge in [0.1, 0.15) is 5.82 Å². The van der Waals surface area contributed by atoms with Crippen LogP contribution in [0.5, 0.6) is 0 Å². The van der Waals surface area contributed by atoms with Gasteiger partial charge >= 0.3 is 0 Å². The molecule has 1 spiro atoms. The minimum Gasteiger partial charge on any atom is -0.348 e. The van der Waals surface area contributed by atoms with Crippen molar-refractivity contribution in [3.63, 3.8) is 0 Å². The first-order valence-corrected chi connectivity index (χ1v) is 6.49. The molecule has 2 aliphatic rings. The van der Waals surface area contributed by atoms with E-state index in [1.165, 1.54) is 12.3 Å². The molecule has 1 aliphatic heterocycles. The van der Waals surface area contributed by atoms with Gasteiger partial charge in [-0.3, -0.25) is 4.98 Å². The van der Waals surface area contributed by atoms with E-state index in [9.17, 15) is 9.65 Å². The second kappa shape index (κ2) is 4.55. The van der Waals surface area contributed by atoms with E-state index in [1.54, 1.807) is 6.07 Å². The second-order valence-electron chi connectivity index (χ2n) is 5.16. The maximum absolute atomic E-state index is 12.9.